The molecule has 0 unspecified atom stereocenters. The van der Waals surface area contributed by atoms with Crippen molar-refractivity contribution < 1.29 is 13.5 Å². The van der Waals surface area contributed by atoms with E-state index >= 15 is 0 Å². The highest BCUT2D eigenvalue weighted by Crippen LogP contribution is 2.24. The molecule has 4 nitrogen and oxygen atoms in total. The van der Waals surface area contributed by atoms with Crippen molar-refractivity contribution in [1.29, 1.82) is 0 Å². The molecule has 1 aromatic heterocycles. The topological polar surface area (TPSA) is 46.5 Å². The van der Waals surface area contributed by atoms with E-state index in [1.165, 1.54) is 12.3 Å². The summed E-state index contributed by atoms with van der Waals surface area (Å²) in [6, 6.07) is 13.5. The second-order valence-electron chi connectivity index (χ2n) is 4.81. The lowest BCUT2D eigenvalue weighted by molar-refractivity contribution is -0.0499. The van der Waals surface area contributed by atoms with Gasteiger partial charge in [-0.15, -0.1) is 0 Å². The van der Waals surface area contributed by atoms with Crippen LogP contribution < -0.4 is 10.2 Å². The van der Waals surface area contributed by atoms with Gasteiger partial charge >= 0.3 is 6.61 Å². The minimum atomic E-state index is -2.89. The zero-order valence-electron chi connectivity index (χ0n) is 12.3. The normalized spacial score (nSPS) is 11.3. The summed E-state index contributed by atoms with van der Waals surface area (Å²) < 4.78 is 29.2. The molecule has 1 heterocycles. The zero-order chi connectivity index (χ0) is 16.9. The highest BCUT2D eigenvalue weighted by molar-refractivity contribution is 6.31. The fourth-order valence-corrected chi connectivity index (χ4v) is 2.35. The summed E-state index contributed by atoms with van der Waals surface area (Å²) in [6.07, 6.45) is 3.05. The summed E-state index contributed by atoms with van der Waals surface area (Å²) in [7, 11) is 0. The third-order valence-corrected chi connectivity index (χ3v) is 3.46. The molecule has 0 spiro atoms. The first-order valence-electron chi connectivity index (χ1n) is 7.00. The molecule has 0 saturated carbocycles. The second kappa shape index (κ2) is 7.23. The molecule has 3 aromatic rings. The summed E-state index contributed by atoms with van der Waals surface area (Å²) in [4.78, 5) is 4.24. The van der Waals surface area contributed by atoms with Gasteiger partial charge in [0.2, 0.25) is 0 Å². The van der Waals surface area contributed by atoms with Crippen molar-refractivity contribution in [2.24, 2.45) is 5.10 Å². The molecule has 7 heteroatoms. The van der Waals surface area contributed by atoms with E-state index in [1.54, 1.807) is 42.6 Å². The summed E-state index contributed by atoms with van der Waals surface area (Å²) in [5.74, 6) is 0.0596. The van der Waals surface area contributed by atoms with Gasteiger partial charge < -0.3 is 4.74 Å². The van der Waals surface area contributed by atoms with E-state index in [0.29, 0.717) is 10.6 Å². The Balaban J connectivity index is 1.83. The first-order valence-corrected chi connectivity index (χ1v) is 7.38. The number of pyridine rings is 1. The number of nitrogens with zero attached hydrogens (tertiary/aromatic N) is 2. The number of nitrogens with one attached hydrogen (secondary N) is 1. The molecule has 0 atom stereocenters. The minimum Gasteiger partial charge on any atom is -0.434 e. The van der Waals surface area contributed by atoms with Crippen molar-refractivity contribution >= 4 is 34.4 Å². The Labute approximate surface area is 141 Å². The van der Waals surface area contributed by atoms with E-state index in [4.69, 9.17) is 11.6 Å². The predicted molar refractivity (Wildman–Crippen MR) is 91.0 cm³/mol. The SMILES string of the molecule is FC(F)Oc1ccccc1/C=N/Nc1ccnc2cc(Cl)ccc12. The Morgan fingerprint density at radius 1 is 1.17 bits per heavy atom. The van der Waals surface area contributed by atoms with Crippen molar-refractivity contribution in [1.82, 2.24) is 4.98 Å². The number of hydrazone groups is 1. The zero-order valence-corrected chi connectivity index (χ0v) is 13.0. The molecule has 0 aliphatic carbocycles. The molecule has 0 amide bonds. The molecule has 0 radical (unpaired) electrons. The Kier molecular flexibility index (Phi) is 4.86. The maximum Gasteiger partial charge on any atom is 0.387 e. The largest absolute Gasteiger partial charge is 0.434 e. The molecule has 0 fully saturated rings. The van der Waals surface area contributed by atoms with E-state index in [-0.39, 0.29) is 5.75 Å². The van der Waals surface area contributed by atoms with Crippen LogP contribution in [0.5, 0.6) is 5.75 Å². The van der Waals surface area contributed by atoms with E-state index in [2.05, 4.69) is 20.2 Å². The van der Waals surface area contributed by atoms with E-state index in [1.807, 2.05) is 6.07 Å². The Hall–Kier alpha value is -2.73. The number of rotatable bonds is 5. The Bertz CT molecular complexity index is 887. The Morgan fingerprint density at radius 3 is 2.83 bits per heavy atom. The smallest absolute Gasteiger partial charge is 0.387 e. The lowest BCUT2D eigenvalue weighted by atomic mass is 10.2. The highest BCUT2D eigenvalue weighted by atomic mass is 35.5. The van der Waals surface area contributed by atoms with Crippen LogP contribution in [0.2, 0.25) is 5.02 Å². The van der Waals surface area contributed by atoms with E-state index < -0.39 is 6.61 Å². The molecule has 1 N–H and O–H groups in total. The lowest BCUT2D eigenvalue weighted by Gasteiger charge is -2.08. The number of para-hydroxylation sites is 1. The monoisotopic (exact) mass is 347 g/mol. The van der Waals surface area contributed by atoms with Gasteiger partial charge in [-0.05, 0) is 36.4 Å². The van der Waals surface area contributed by atoms with Gasteiger partial charge in [0, 0.05) is 22.2 Å². The van der Waals surface area contributed by atoms with Crippen LogP contribution in [-0.4, -0.2) is 17.8 Å². The van der Waals surface area contributed by atoms with Crippen LogP contribution in [0.25, 0.3) is 10.9 Å². The number of alkyl halides is 2. The van der Waals surface area contributed by atoms with Crippen molar-refractivity contribution in [2.75, 3.05) is 5.43 Å². The van der Waals surface area contributed by atoms with Crippen molar-refractivity contribution in [3.8, 4) is 5.75 Å². The number of anilines is 1. The van der Waals surface area contributed by atoms with Crippen LogP contribution in [-0.2, 0) is 0 Å². The van der Waals surface area contributed by atoms with Crippen LogP contribution in [0.1, 0.15) is 5.56 Å². The molecule has 0 bridgehead atoms. The third-order valence-electron chi connectivity index (χ3n) is 3.23. The van der Waals surface area contributed by atoms with Gasteiger partial charge in [0.25, 0.3) is 0 Å². The van der Waals surface area contributed by atoms with Gasteiger partial charge in [0.1, 0.15) is 5.75 Å². The van der Waals surface area contributed by atoms with Crippen molar-refractivity contribution in [3.63, 3.8) is 0 Å². The average molecular weight is 348 g/mol. The van der Waals surface area contributed by atoms with Crippen LogP contribution in [0, 0.1) is 0 Å². The van der Waals surface area contributed by atoms with Gasteiger partial charge in [-0.25, -0.2) is 0 Å². The number of halogens is 3. The highest BCUT2D eigenvalue weighted by Gasteiger charge is 2.07. The standard InChI is InChI=1S/C17H12ClF2N3O/c18-12-5-6-13-14(7-8-21-15(13)9-12)23-22-10-11-3-1-2-4-16(11)24-17(19)20/h1-10,17H,(H,21,23)/b22-10+. The fraction of sp³-hybridized carbons (Fsp3) is 0.0588. The molecule has 122 valence electrons. The van der Waals surface area contributed by atoms with E-state index in [9.17, 15) is 8.78 Å². The molecule has 0 saturated heterocycles. The number of hydrogen-bond acceptors (Lipinski definition) is 4. The predicted octanol–water partition coefficient (Wildman–Crippen LogP) is 4.94. The van der Waals surface area contributed by atoms with Gasteiger partial charge in [-0.1, -0.05) is 23.7 Å². The number of benzene rings is 2. The summed E-state index contributed by atoms with van der Waals surface area (Å²) >= 11 is 5.95. The summed E-state index contributed by atoms with van der Waals surface area (Å²) in [5, 5.41) is 5.53. The molecule has 3 rings (SSSR count). The van der Waals surface area contributed by atoms with Crippen LogP contribution >= 0.6 is 11.6 Å². The number of fused-ring (bicyclic) bond motifs is 1. The maximum absolute atomic E-state index is 12.4. The second-order valence-corrected chi connectivity index (χ2v) is 5.24. The third kappa shape index (κ3) is 3.78. The van der Waals surface area contributed by atoms with Gasteiger partial charge in [-0.3, -0.25) is 10.4 Å². The van der Waals surface area contributed by atoms with Crippen LogP contribution in [0.15, 0.2) is 59.8 Å². The average Bonchev–Trinajstić information content (AvgIpc) is 2.56. The van der Waals surface area contributed by atoms with Crippen molar-refractivity contribution in [3.05, 3.63) is 65.3 Å². The quantitative estimate of drug-likeness (QED) is 0.525. The lowest BCUT2D eigenvalue weighted by Crippen LogP contribution is -2.04. The molecular weight excluding hydrogens is 336 g/mol. The Morgan fingerprint density at radius 2 is 2.00 bits per heavy atom. The summed E-state index contributed by atoms with van der Waals surface area (Å²) in [5.41, 5.74) is 4.76. The summed E-state index contributed by atoms with van der Waals surface area (Å²) in [6.45, 7) is -2.89. The number of ether oxygens (including phenoxy) is 1. The van der Waals surface area contributed by atoms with E-state index in [0.717, 1.165) is 16.6 Å². The van der Waals surface area contributed by atoms with Crippen molar-refractivity contribution in [2.45, 2.75) is 6.61 Å². The first-order chi connectivity index (χ1) is 11.6. The first kappa shape index (κ1) is 16.1. The molecular formula is C17H12ClF2N3O. The molecule has 0 aliphatic rings. The van der Waals surface area contributed by atoms with Gasteiger partial charge in [-0.2, -0.15) is 13.9 Å². The van der Waals surface area contributed by atoms with Crippen LogP contribution in [0.4, 0.5) is 14.5 Å². The van der Waals surface area contributed by atoms with Gasteiger partial charge in [0.05, 0.1) is 17.4 Å². The minimum absolute atomic E-state index is 0.0596. The molecule has 24 heavy (non-hydrogen) atoms. The molecule has 2 aromatic carbocycles. The maximum atomic E-state index is 12.4. The van der Waals surface area contributed by atoms with Gasteiger partial charge in [0.15, 0.2) is 0 Å². The molecule has 0 aliphatic heterocycles. The fourth-order valence-electron chi connectivity index (χ4n) is 2.18. The number of aromatic nitrogens is 1. The van der Waals surface area contributed by atoms with Crippen LogP contribution in [0.3, 0.4) is 0 Å². The number of hydrogen-bond donors (Lipinski definition) is 1.